The molecule has 4 nitrogen and oxygen atoms in total. The van der Waals surface area contributed by atoms with E-state index in [-0.39, 0.29) is 56.9 Å². The summed E-state index contributed by atoms with van der Waals surface area (Å²) in [5.41, 5.74) is -0.0723. The van der Waals surface area contributed by atoms with E-state index in [0.29, 0.717) is 0 Å². The molecule has 0 atom stereocenters. The Bertz CT molecular complexity index is 609. The molecule has 2 aliphatic rings. The molecule has 2 fully saturated rings. The number of rotatable bonds is 4. The van der Waals surface area contributed by atoms with Crippen molar-refractivity contribution in [1.29, 1.82) is 0 Å². The minimum absolute atomic E-state index is 0.0723. The highest BCUT2D eigenvalue weighted by atomic mass is 19.4. The number of hydrogen-bond acceptors (Lipinski definition) is 4. The minimum Gasteiger partial charge on any atom is -0.459 e. The summed E-state index contributed by atoms with van der Waals surface area (Å²) in [4.78, 5) is 23.9. The second-order valence-electron chi connectivity index (χ2n) is 7.70. The maximum Gasteiger partial charge on any atom is 0.391 e. The van der Waals surface area contributed by atoms with Crippen LogP contribution in [0.4, 0.5) is 26.3 Å². The van der Waals surface area contributed by atoms with Crippen molar-refractivity contribution in [3.8, 4) is 0 Å². The highest BCUT2D eigenvalue weighted by Gasteiger charge is 2.43. The van der Waals surface area contributed by atoms with E-state index in [1.54, 1.807) is 0 Å². The van der Waals surface area contributed by atoms with Crippen molar-refractivity contribution in [1.82, 2.24) is 0 Å². The van der Waals surface area contributed by atoms with Crippen molar-refractivity contribution < 1.29 is 45.4 Å². The van der Waals surface area contributed by atoms with Gasteiger partial charge >= 0.3 is 24.3 Å². The highest BCUT2D eigenvalue weighted by molar-refractivity contribution is 5.95. The first kappa shape index (κ1) is 23.5. The zero-order chi connectivity index (χ0) is 21.8. The summed E-state index contributed by atoms with van der Waals surface area (Å²) in [7, 11) is 0. The third-order valence-electron chi connectivity index (χ3n) is 5.49. The molecule has 29 heavy (non-hydrogen) atoms. The highest BCUT2D eigenvalue weighted by Crippen LogP contribution is 2.39. The number of esters is 2. The Balaban J connectivity index is 1.76. The lowest BCUT2D eigenvalue weighted by Gasteiger charge is -2.29. The van der Waals surface area contributed by atoms with Gasteiger partial charge in [-0.25, -0.2) is 9.59 Å². The van der Waals surface area contributed by atoms with Crippen molar-refractivity contribution in [2.24, 2.45) is 11.8 Å². The Hall–Kier alpha value is -1.74. The van der Waals surface area contributed by atoms with Crippen LogP contribution in [0.2, 0.25) is 0 Å². The summed E-state index contributed by atoms with van der Waals surface area (Å²) < 4.78 is 86.1. The monoisotopic (exact) mass is 430 g/mol. The number of alkyl halides is 6. The van der Waals surface area contributed by atoms with Crippen LogP contribution >= 0.6 is 0 Å². The molecule has 0 heterocycles. The van der Waals surface area contributed by atoms with Crippen LogP contribution in [0, 0.1) is 11.8 Å². The average molecular weight is 430 g/mol. The third kappa shape index (κ3) is 7.22. The summed E-state index contributed by atoms with van der Waals surface area (Å²) >= 11 is 0. The topological polar surface area (TPSA) is 52.6 Å². The second kappa shape index (κ2) is 9.38. The van der Waals surface area contributed by atoms with E-state index in [0.717, 1.165) is 6.08 Å². The van der Waals surface area contributed by atoms with Gasteiger partial charge in [0.05, 0.1) is 11.8 Å². The summed E-state index contributed by atoms with van der Waals surface area (Å²) in [5, 5.41) is 0. The normalized spacial score (nSPS) is 29.3. The lowest BCUT2D eigenvalue weighted by atomic mass is 9.87. The molecule has 0 unspecified atom stereocenters. The summed E-state index contributed by atoms with van der Waals surface area (Å²) in [6.07, 6.45) is -8.99. The molecule has 0 aliphatic heterocycles. The summed E-state index contributed by atoms with van der Waals surface area (Å²) in [6, 6.07) is 0. The molecule has 0 saturated heterocycles. The van der Waals surface area contributed by atoms with Gasteiger partial charge < -0.3 is 9.47 Å². The minimum atomic E-state index is -4.26. The lowest BCUT2D eigenvalue weighted by molar-refractivity contribution is -0.189. The predicted molar refractivity (Wildman–Crippen MR) is 89.5 cm³/mol. The van der Waals surface area contributed by atoms with Crippen molar-refractivity contribution in [3.05, 3.63) is 11.6 Å². The maximum atomic E-state index is 12.7. The zero-order valence-corrected chi connectivity index (χ0v) is 15.9. The van der Waals surface area contributed by atoms with Crippen LogP contribution in [0.3, 0.4) is 0 Å². The molecule has 2 aliphatic carbocycles. The molecule has 2 rings (SSSR count). The quantitative estimate of drug-likeness (QED) is 0.347. The lowest BCUT2D eigenvalue weighted by Crippen LogP contribution is -2.32. The van der Waals surface area contributed by atoms with Gasteiger partial charge in [0.25, 0.3) is 0 Å². The number of hydrogen-bond donors (Lipinski definition) is 0. The fraction of sp³-hybridized carbons (Fsp3) is 0.789. The number of ether oxygens (including phenoxy) is 2. The molecule has 2 saturated carbocycles. The molecule has 0 N–H and O–H groups in total. The van der Waals surface area contributed by atoms with E-state index in [2.05, 4.69) is 0 Å². The van der Waals surface area contributed by atoms with E-state index in [9.17, 15) is 35.9 Å². The Morgan fingerprint density at radius 3 is 1.48 bits per heavy atom. The smallest absolute Gasteiger partial charge is 0.391 e. The predicted octanol–water partition coefficient (Wildman–Crippen LogP) is 5.26. The van der Waals surface area contributed by atoms with E-state index in [4.69, 9.17) is 9.47 Å². The van der Waals surface area contributed by atoms with Crippen LogP contribution in [0.25, 0.3) is 0 Å². The molecular weight excluding hydrogens is 406 g/mol. The van der Waals surface area contributed by atoms with Crippen LogP contribution in [-0.4, -0.2) is 36.5 Å². The zero-order valence-electron chi connectivity index (χ0n) is 15.9. The van der Waals surface area contributed by atoms with Crippen LogP contribution in [-0.2, 0) is 19.1 Å². The fourth-order valence-corrected chi connectivity index (χ4v) is 3.69. The van der Waals surface area contributed by atoms with E-state index in [1.807, 2.05) is 0 Å². The standard InChI is InChI=1S/C19H24F6O4/c1-11(17(27)29-15-8-4-13(5-9-15)19(23,24)25)10-16(26)28-14-6-2-12(3-7-14)18(20,21)22/h10,12-15H,2-9H2,1H3/b11-10+. The van der Waals surface area contributed by atoms with Gasteiger partial charge in [0.2, 0.25) is 0 Å². The van der Waals surface area contributed by atoms with Crippen molar-refractivity contribution in [2.45, 2.75) is 82.9 Å². The molecule has 0 radical (unpaired) electrons. The van der Waals surface area contributed by atoms with Gasteiger partial charge in [-0.3, -0.25) is 0 Å². The van der Waals surface area contributed by atoms with Gasteiger partial charge in [-0.05, 0) is 58.3 Å². The Kier molecular flexibility index (Phi) is 7.62. The Labute approximate surface area is 164 Å². The van der Waals surface area contributed by atoms with Crippen molar-refractivity contribution in [2.75, 3.05) is 0 Å². The molecular formula is C19H24F6O4. The van der Waals surface area contributed by atoms with Gasteiger partial charge in [0.1, 0.15) is 12.2 Å². The Morgan fingerprint density at radius 2 is 1.10 bits per heavy atom. The molecule has 0 aromatic carbocycles. The first-order valence-electron chi connectivity index (χ1n) is 9.59. The van der Waals surface area contributed by atoms with E-state index >= 15 is 0 Å². The summed E-state index contributed by atoms with van der Waals surface area (Å²) in [6.45, 7) is 1.31. The fourth-order valence-electron chi connectivity index (χ4n) is 3.69. The molecule has 0 bridgehead atoms. The molecule has 0 aromatic rings. The van der Waals surface area contributed by atoms with Gasteiger partial charge in [0, 0.05) is 11.6 Å². The molecule has 0 amide bonds. The first-order valence-corrected chi connectivity index (χ1v) is 9.59. The van der Waals surface area contributed by atoms with Crippen LogP contribution < -0.4 is 0 Å². The summed E-state index contributed by atoms with van der Waals surface area (Å²) in [5.74, 6) is -4.46. The molecule has 0 spiro atoms. The van der Waals surface area contributed by atoms with Crippen molar-refractivity contribution in [3.63, 3.8) is 0 Å². The molecule has 166 valence electrons. The second-order valence-corrected chi connectivity index (χ2v) is 7.70. The average Bonchev–Trinajstić information content (AvgIpc) is 2.61. The van der Waals surface area contributed by atoms with E-state index in [1.165, 1.54) is 6.92 Å². The van der Waals surface area contributed by atoms with Crippen molar-refractivity contribution >= 4 is 11.9 Å². The number of carbonyl (C=O) groups is 2. The third-order valence-corrected chi connectivity index (χ3v) is 5.49. The molecule has 0 aromatic heterocycles. The van der Waals surface area contributed by atoms with Crippen LogP contribution in [0.1, 0.15) is 58.3 Å². The van der Waals surface area contributed by atoms with Gasteiger partial charge in [-0.1, -0.05) is 0 Å². The number of carbonyl (C=O) groups excluding carboxylic acids is 2. The SMILES string of the molecule is C/C(=C\C(=O)OC1CCC(C(F)(F)F)CC1)C(=O)OC1CCC(C(F)(F)F)CC1. The van der Waals surface area contributed by atoms with Gasteiger partial charge in [-0.2, -0.15) is 26.3 Å². The van der Waals surface area contributed by atoms with E-state index < -0.39 is 48.3 Å². The first-order chi connectivity index (χ1) is 13.4. The van der Waals surface area contributed by atoms with Gasteiger partial charge in [0.15, 0.2) is 0 Å². The Morgan fingerprint density at radius 1 is 0.724 bits per heavy atom. The number of halogens is 6. The largest absolute Gasteiger partial charge is 0.459 e. The van der Waals surface area contributed by atoms with Gasteiger partial charge in [-0.15, -0.1) is 0 Å². The maximum absolute atomic E-state index is 12.7. The van der Waals surface area contributed by atoms with Crippen LogP contribution in [0.15, 0.2) is 11.6 Å². The van der Waals surface area contributed by atoms with Crippen LogP contribution in [0.5, 0.6) is 0 Å². The molecule has 10 heteroatoms.